The van der Waals surface area contributed by atoms with E-state index in [4.69, 9.17) is 0 Å². The molecule has 0 fully saturated rings. The Balaban J connectivity index is 1.50. The first-order valence-electron chi connectivity index (χ1n) is 8.06. The van der Waals surface area contributed by atoms with E-state index in [1.54, 1.807) is 30.5 Å². The number of nitro groups is 1. The van der Waals surface area contributed by atoms with Crippen LogP contribution in [-0.4, -0.2) is 40.8 Å². The van der Waals surface area contributed by atoms with Gasteiger partial charge in [-0.15, -0.1) is 5.10 Å². The Bertz CT molecular complexity index is 1150. The summed E-state index contributed by atoms with van der Waals surface area (Å²) in [5.41, 5.74) is 1.09. The number of nitrogens with one attached hydrogen (secondary N) is 2. The Morgan fingerprint density at radius 3 is 2.86 bits per heavy atom. The summed E-state index contributed by atoms with van der Waals surface area (Å²) in [5, 5.41) is 24.2. The van der Waals surface area contributed by atoms with Crippen LogP contribution in [0.25, 0.3) is 17.2 Å². The fourth-order valence-electron chi connectivity index (χ4n) is 2.44. The van der Waals surface area contributed by atoms with Gasteiger partial charge in [0, 0.05) is 24.5 Å². The third-order valence-electron chi connectivity index (χ3n) is 3.75. The third-order valence-corrected chi connectivity index (χ3v) is 3.75. The van der Waals surface area contributed by atoms with E-state index in [2.05, 4.69) is 30.6 Å². The molecule has 1 aromatic carbocycles. The highest BCUT2D eigenvalue weighted by Crippen LogP contribution is 2.17. The predicted octanol–water partition coefficient (Wildman–Crippen LogP) is 2.21. The Morgan fingerprint density at radius 1 is 1.18 bits per heavy atom. The molecular formula is C17H12N8O3. The van der Waals surface area contributed by atoms with Crippen molar-refractivity contribution < 1.29 is 9.72 Å². The van der Waals surface area contributed by atoms with Crippen molar-refractivity contribution in [1.82, 2.24) is 29.9 Å². The summed E-state index contributed by atoms with van der Waals surface area (Å²) in [4.78, 5) is 31.1. The van der Waals surface area contributed by atoms with Crippen molar-refractivity contribution in [3.63, 3.8) is 0 Å². The lowest BCUT2D eigenvalue weighted by Crippen LogP contribution is -2.14. The van der Waals surface area contributed by atoms with Gasteiger partial charge in [-0.05, 0) is 24.3 Å². The molecule has 0 aliphatic heterocycles. The molecule has 0 spiro atoms. The van der Waals surface area contributed by atoms with Gasteiger partial charge in [-0.1, -0.05) is 12.1 Å². The number of carbonyl (C=O) groups is 1. The summed E-state index contributed by atoms with van der Waals surface area (Å²) >= 11 is 0. The van der Waals surface area contributed by atoms with Crippen molar-refractivity contribution in [2.24, 2.45) is 0 Å². The molecule has 0 atom stereocenters. The average Bonchev–Trinajstić information content (AvgIpc) is 3.39. The number of H-pyrrole nitrogens is 1. The minimum Gasteiger partial charge on any atom is -0.288 e. The van der Waals surface area contributed by atoms with E-state index in [-0.39, 0.29) is 17.3 Å². The molecule has 1 amide bonds. The molecule has 0 saturated heterocycles. The van der Waals surface area contributed by atoms with E-state index in [1.807, 2.05) is 6.07 Å². The molecule has 0 unspecified atom stereocenters. The quantitative estimate of drug-likeness (QED) is 0.401. The van der Waals surface area contributed by atoms with Crippen LogP contribution in [0.3, 0.4) is 0 Å². The van der Waals surface area contributed by atoms with Crippen LogP contribution >= 0.6 is 0 Å². The second kappa shape index (κ2) is 7.07. The van der Waals surface area contributed by atoms with Gasteiger partial charge in [0.05, 0.1) is 10.6 Å². The predicted molar refractivity (Wildman–Crippen MR) is 97.8 cm³/mol. The number of non-ortho nitro benzene ring substituents is 1. The van der Waals surface area contributed by atoms with Gasteiger partial charge in [0.15, 0.2) is 11.5 Å². The highest BCUT2D eigenvalue weighted by molar-refractivity contribution is 6.01. The van der Waals surface area contributed by atoms with Gasteiger partial charge < -0.3 is 0 Å². The van der Waals surface area contributed by atoms with E-state index >= 15 is 0 Å². The normalized spacial score (nSPS) is 10.6. The van der Waals surface area contributed by atoms with Crippen LogP contribution in [0, 0.1) is 10.1 Å². The van der Waals surface area contributed by atoms with Crippen LogP contribution in [0.5, 0.6) is 0 Å². The summed E-state index contributed by atoms with van der Waals surface area (Å²) in [5.74, 6) is -0.0238. The Hall–Kier alpha value is -4.41. The van der Waals surface area contributed by atoms with Crippen LogP contribution in [0.15, 0.2) is 60.9 Å². The smallest absolute Gasteiger partial charge is 0.278 e. The first-order chi connectivity index (χ1) is 13.6. The molecule has 0 bridgehead atoms. The van der Waals surface area contributed by atoms with E-state index in [0.717, 1.165) is 0 Å². The minimum atomic E-state index is -0.518. The number of nitrogens with zero attached hydrogens (tertiary/aromatic N) is 6. The van der Waals surface area contributed by atoms with Crippen LogP contribution in [0.2, 0.25) is 0 Å². The summed E-state index contributed by atoms with van der Waals surface area (Å²) in [6.45, 7) is 0. The van der Waals surface area contributed by atoms with Crippen LogP contribution < -0.4 is 5.32 Å². The van der Waals surface area contributed by atoms with Crippen molar-refractivity contribution in [2.75, 3.05) is 5.32 Å². The maximum Gasteiger partial charge on any atom is 0.278 e. The van der Waals surface area contributed by atoms with Gasteiger partial charge in [0.2, 0.25) is 5.95 Å². The lowest BCUT2D eigenvalue weighted by atomic mass is 10.3. The maximum absolute atomic E-state index is 12.4. The SMILES string of the molecule is O=C(Nc1n[nH]c(-c2ccccn2)n1)c1ccn(-c2cccc([N+](=O)[O-])c2)n1. The Labute approximate surface area is 157 Å². The van der Waals surface area contributed by atoms with Gasteiger partial charge >= 0.3 is 0 Å². The number of amides is 1. The Kier molecular flexibility index (Phi) is 4.30. The van der Waals surface area contributed by atoms with E-state index in [1.165, 1.54) is 29.1 Å². The number of aromatic nitrogens is 6. The molecule has 0 radical (unpaired) electrons. The maximum atomic E-state index is 12.4. The largest absolute Gasteiger partial charge is 0.288 e. The molecule has 11 nitrogen and oxygen atoms in total. The average molecular weight is 376 g/mol. The second-order valence-electron chi connectivity index (χ2n) is 5.60. The number of rotatable bonds is 5. The molecule has 0 saturated carbocycles. The van der Waals surface area contributed by atoms with Gasteiger partial charge in [-0.3, -0.25) is 30.3 Å². The lowest BCUT2D eigenvalue weighted by Gasteiger charge is -2.01. The number of anilines is 1. The van der Waals surface area contributed by atoms with Crippen molar-refractivity contribution in [1.29, 1.82) is 0 Å². The summed E-state index contributed by atoms with van der Waals surface area (Å²) in [6.07, 6.45) is 3.15. The van der Waals surface area contributed by atoms with Crippen molar-refractivity contribution >= 4 is 17.5 Å². The zero-order valence-electron chi connectivity index (χ0n) is 14.2. The molecule has 11 heteroatoms. The number of carbonyl (C=O) groups excluding carboxylic acids is 1. The minimum absolute atomic E-state index is 0.0678. The first kappa shape index (κ1) is 17.0. The van der Waals surface area contributed by atoms with Gasteiger partial charge in [-0.25, -0.2) is 4.68 Å². The topological polar surface area (TPSA) is 145 Å². The Morgan fingerprint density at radius 2 is 2.07 bits per heavy atom. The highest BCUT2D eigenvalue weighted by Gasteiger charge is 2.15. The molecule has 2 N–H and O–H groups in total. The van der Waals surface area contributed by atoms with Crippen molar-refractivity contribution in [2.45, 2.75) is 0 Å². The number of hydrogen-bond donors (Lipinski definition) is 2. The molecular weight excluding hydrogens is 364 g/mol. The van der Waals surface area contributed by atoms with E-state index < -0.39 is 10.8 Å². The molecule has 3 heterocycles. The first-order valence-corrected chi connectivity index (χ1v) is 8.06. The van der Waals surface area contributed by atoms with Crippen molar-refractivity contribution in [3.8, 4) is 17.2 Å². The zero-order chi connectivity index (χ0) is 19.5. The number of nitro benzene ring substituents is 1. The number of benzene rings is 1. The lowest BCUT2D eigenvalue weighted by molar-refractivity contribution is -0.384. The third kappa shape index (κ3) is 3.44. The standard InChI is InChI=1S/C17H12N8O3/c26-16(20-17-19-15(21-22-17)13-6-1-2-8-18-13)14-7-9-24(23-14)11-4-3-5-12(10-11)25(27)28/h1-10H,(H2,19,20,21,22,26). The fourth-order valence-corrected chi connectivity index (χ4v) is 2.44. The van der Waals surface area contributed by atoms with Crippen LogP contribution in [-0.2, 0) is 0 Å². The molecule has 138 valence electrons. The number of hydrogen-bond acceptors (Lipinski definition) is 7. The highest BCUT2D eigenvalue weighted by atomic mass is 16.6. The monoisotopic (exact) mass is 376 g/mol. The van der Waals surface area contributed by atoms with E-state index in [9.17, 15) is 14.9 Å². The molecule has 3 aromatic heterocycles. The molecule has 28 heavy (non-hydrogen) atoms. The molecule has 0 aliphatic rings. The van der Waals surface area contributed by atoms with E-state index in [0.29, 0.717) is 17.2 Å². The number of aromatic amines is 1. The zero-order valence-corrected chi connectivity index (χ0v) is 14.2. The van der Waals surface area contributed by atoms with Gasteiger partial charge in [0.25, 0.3) is 11.6 Å². The van der Waals surface area contributed by atoms with Gasteiger partial charge in [-0.2, -0.15) is 10.1 Å². The van der Waals surface area contributed by atoms with Gasteiger partial charge in [0.1, 0.15) is 5.69 Å². The summed E-state index contributed by atoms with van der Waals surface area (Å²) < 4.78 is 1.37. The summed E-state index contributed by atoms with van der Waals surface area (Å²) in [6, 6.07) is 12.8. The molecule has 4 rings (SSSR count). The summed E-state index contributed by atoms with van der Waals surface area (Å²) in [7, 11) is 0. The molecule has 4 aromatic rings. The second-order valence-corrected chi connectivity index (χ2v) is 5.60. The molecule has 0 aliphatic carbocycles. The van der Waals surface area contributed by atoms with Crippen molar-refractivity contribution in [3.05, 3.63) is 76.7 Å². The van der Waals surface area contributed by atoms with Crippen LogP contribution in [0.1, 0.15) is 10.5 Å². The fraction of sp³-hybridized carbons (Fsp3) is 0. The van der Waals surface area contributed by atoms with Crippen LogP contribution in [0.4, 0.5) is 11.6 Å². The number of pyridine rings is 1.